The molecule has 17 heavy (non-hydrogen) atoms. The van der Waals surface area contributed by atoms with Gasteiger partial charge in [-0.25, -0.2) is 0 Å². The SMILES string of the molecule is CC(CNC(C)C)COc1cccc(CO)c1. The van der Waals surface area contributed by atoms with E-state index < -0.39 is 0 Å². The fourth-order valence-corrected chi connectivity index (χ4v) is 1.47. The molecule has 0 fully saturated rings. The summed E-state index contributed by atoms with van der Waals surface area (Å²) in [7, 11) is 0. The minimum atomic E-state index is 0.0572. The molecule has 0 aromatic heterocycles. The number of ether oxygens (including phenoxy) is 1. The number of aliphatic hydroxyl groups is 1. The maximum atomic E-state index is 9.02. The Balaban J connectivity index is 2.33. The van der Waals surface area contributed by atoms with Gasteiger partial charge in [-0.1, -0.05) is 32.9 Å². The van der Waals surface area contributed by atoms with Gasteiger partial charge >= 0.3 is 0 Å². The number of rotatable bonds is 7. The molecule has 0 bridgehead atoms. The molecule has 0 aliphatic heterocycles. The highest BCUT2D eigenvalue weighted by molar-refractivity contribution is 5.27. The molecule has 1 rings (SSSR count). The predicted molar refractivity (Wildman–Crippen MR) is 70.2 cm³/mol. The van der Waals surface area contributed by atoms with Crippen LogP contribution >= 0.6 is 0 Å². The van der Waals surface area contributed by atoms with Crippen molar-refractivity contribution in [2.45, 2.75) is 33.4 Å². The molecule has 0 saturated carbocycles. The number of nitrogens with one attached hydrogen (secondary N) is 1. The molecule has 0 aliphatic rings. The molecule has 0 heterocycles. The Morgan fingerprint density at radius 2 is 2.06 bits per heavy atom. The van der Waals surface area contributed by atoms with Crippen molar-refractivity contribution in [3.8, 4) is 5.75 Å². The maximum absolute atomic E-state index is 9.02. The van der Waals surface area contributed by atoms with Gasteiger partial charge in [0.15, 0.2) is 0 Å². The normalized spacial score (nSPS) is 12.8. The lowest BCUT2D eigenvalue weighted by atomic mass is 10.2. The van der Waals surface area contributed by atoms with Crippen molar-refractivity contribution < 1.29 is 9.84 Å². The quantitative estimate of drug-likeness (QED) is 0.764. The number of hydrogen-bond acceptors (Lipinski definition) is 3. The zero-order chi connectivity index (χ0) is 12.7. The Hall–Kier alpha value is -1.06. The van der Waals surface area contributed by atoms with Crippen molar-refractivity contribution in [3.63, 3.8) is 0 Å². The van der Waals surface area contributed by atoms with Crippen molar-refractivity contribution in [2.75, 3.05) is 13.2 Å². The fourth-order valence-electron chi connectivity index (χ4n) is 1.47. The second-order valence-electron chi connectivity index (χ2n) is 4.78. The van der Waals surface area contributed by atoms with Crippen molar-refractivity contribution >= 4 is 0 Å². The Morgan fingerprint density at radius 1 is 1.29 bits per heavy atom. The van der Waals surface area contributed by atoms with E-state index in [0.717, 1.165) is 17.9 Å². The van der Waals surface area contributed by atoms with Gasteiger partial charge in [0.1, 0.15) is 5.75 Å². The molecule has 2 N–H and O–H groups in total. The molecule has 1 unspecified atom stereocenters. The topological polar surface area (TPSA) is 41.5 Å². The van der Waals surface area contributed by atoms with E-state index in [0.29, 0.717) is 18.6 Å². The van der Waals surface area contributed by atoms with E-state index in [4.69, 9.17) is 9.84 Å². The molecule has 3 nitrogen and oxygen atoms in total. The second-order valence-corrected chi connectivity index (χ2v) is 4.78. The van der Waals surface area contributed by atoms with Crippen molar-refractivity contribution in [1.82, 2.24) is 5.32 Å². The van der Waals surface area contributed by atoms with Gasteiger partial charge in [-0.15, -0.1) is 0 Å². The summed E-state index contributed by atoms with van der Waals surface area (Å²) in [6.45, 7) is 8.13. The van der Waals surface area contributed by atoms with Crippen molar-refractivity contribution in [1.29, 1.82) is 0 Å². The lowest BCUT2D eigenvalue weighted by Gasteiger charge is -2.16. The standard InChI is InChI=1S/C14H23NO2/c1-11(2)15-8-12(3)10-17-14-6-4-5-13(7-14)9-16/h4-7,11-12,15-16H,8-10H2,1-3H3. The Bertz CT molecular complexity index is 326. The number of benzene rings is 1. The van der Waals surface area contributed by atoms with Crippen LogP contribution in [0.3, 0.4) is 0 Å². The molecule has 0 aliphatic carbocycles. The summed E-state index contributed by atoms with van der Waals surface area (Å²) in [5.74, 6) is 1.29. The summed E-state index contributed by atoms with van der Waals surface area (Å²) >= 11 is 0. The molecule has 1 aromatic rings. The number of hydrogen-bond donors (Lipinski definition) is 2. The van der Waals surface area contributed by atoms with Gasteiger partial charge in [0.25, 0.3) is 0 Å². The summed E-state index contributed by atoms with van der Waals surface area (Å²) < 4.78 is 5.69. The zero-order valence-electron chi connectivity index (χ0n) is 10.9. The zero-order valence-corrected chi connectivity index (χ0v) is 10.9. The molecule has 1 atom stereocenters. The van der Waals surface area contributed by atoms with Crippen molar-refractivity contribution in [2.24, 2.45) is 5.92 Å². The van der Waals surface area contributed by atoms with Crippen LogP contribution in [0, 0.1) is 5.92 Å². The largest absolute Gasteiger partial charge is 0.493 e. The summed E-state index contributed by atoms with van der Waals surface area (Å²) in [5, 5.41) is 12.4. The highest BCUT2D eigenvalue weighted by Gasteiger charge is 2.04. The van der Waals surface area contributed by atoms with Crippen LogP contribution in [0.15, 0.2) is 24.3 Å². The Kier molecular flexibility index (Phi) is 6.01. The highest BCUT2D eigenvalue weighted by Crippen LogP contribution is 2.14. The van der Waals surface area contributed by atoms with Crippen LogP contribution in [0.2, 0.25) is 0 Å². The van der Waals surface area contributed by atoms with E-state index in [2.05, 4.69) is 26.1 Å². The number of aliphatic hydroxyl groups excluding tert-OH is 1. The second kappa shape index (κ2) is 7.30. The molecular weight excluding hydrogens is 214 g/mol. The maximum Gasteiger partial charge on any atom is 0.119 e. The van der Waals surface area contributed by atoms with Crippen LogP contribution in [-0.4, -0.2) is 24.3 Å². The molecule has 1 aromatic carbocycles. The lowest BCUT2D eigenvalue weighted by molar-refractivity contribution is 0.250. The minimum absolute atomic E-state index is 0.0572. The third-order valence-electron chi connectivity index (χ3n) is 2.49. The minimum Gasteiger partial charge on any atom is -0.493 e. The first-order valence-electron chi connectivity index (χ1n) is 6.17. The van der Waals surface area contributed by atoms with Crippen LogP contribution in [-0.2, 0) is 6.61 Å². The van der Waals surface area contributed by atoms with Crippen LogP contribution in [0.4, 0.5) is 0 Å². The summed E-state index contributed by atoms with van der Waals surface area (Å²) in [4.78, 5) is 0. The van der Waals surface area contributed by atoms with Gasteiger partial charge in [0.2, 0.25) is 0 Å². The highest BCUT2D eigenvalue weighted by atomic mass is 16.5. The monoisotopic (exact) mass is 237 g/mol. The smallest absolute Gasteiger partial charge is 0.119 e. The van der Waals surface area contributed by atoms with Gasteiger partial charge in [0.05, 0.1) is 13.2 Å². The first kappa shape index (κ1) is 14.0. The molecule has 0 radical (unpaired) electrons. The lowest BCUT2D eigenvalue weighted by Crippen LogP contribution is -2.30. The molecule has 0 amide bonds. The molecular formula is C14H23NO2. The van der Waals surface area contributed by atoms with Gasteiger partial charge in [-0.3, -0.25) is 0 Å². The summed E-state index contributed by atoms with van der Waals surface area (Å²) in [6, 6.07) is 8.09. The molecule has 3 heteroatoms. The third kappa shape index (κ3) is 5.71. The Morgan fingerprint density at radius 3 is 2.71 bits per heavy atom. The van der Waals surface area contributed by atoms with Gasteiger partial charge < -0.3 is 15.2 Å². The first-order chi connectivity index (χ1) is 8.11. The van der Waals surface area contributed by atoms with Crippen LogP contribution in [0.25, 0.3) is 0 Å². The van der Waals surface area contributed by atoms with Crippen LogP contribution in [0.5, 0.6) is 5.75 Å². The molecule has 0 spiro atoms. The molecule has 0 saturated heterocycles. The fraction of sp³-hybridized carbons (Fsp3) is 0.571. The summed E-state index contributed by atoms with van der Waals surface area (Å²) in [5.41, 5.74) is 0.885. The van der Waals surface area contributed by atoms with E-state index in [1.54, 1.807) is 0 Å². The Labute approximate surface area is 104 Å². The van der Waals surface area contributed by atoms with Gasteiger partial charge in [-0.05, 0) is 17.7 Å². The van der Waals surface area contributed by atoms with Crippen molar-refractivity contribution in [3.05, 3.63) is 29.8 Å². The van der Waals surface area contributed by atoms with Gasteiger partial charge in [0, 0.05) is 18.5 Å². The van der Waals surface area contributed by atoms with E-state index in [1.807, 2.05) is 24.3 Å². The average molecular weight is 237 g/mol. The van der Waals surface area contributed by atoms with Crippen LogP contribution < -0.4 is 10.1 Å². The van der Waals surface area contributed by atoms with Crippen LogP contribution in [0.1, 0.15) is 26.3 Å². The predicted octanol–water partition coefficient (Wildman–Crippen LogP) is 2.19. The first-order valence-corrected chi connectivity index (χ1v) is 6.17. The third-order valence-corrected chi connectivity index (χ3v) is 2.49. The van der Waals surface area contributed by atoms with E-state index in [9.17, 15) is 0 Å². The van der Waals surface area contributed by atoms with E-state index >= 15 is 0 Å². The summed E-state index contributed by atoms with van der Waals surface area (Å²) in [6.07, 6.45) is 0. The molecule has 96 valence electrons. The van der Waals surface area contributed by atoms with Gasteiger partial charge in [-0.2, -0.15) is 0 Å². The van der Waals surface area contributed by atoms with E-state index in [-0.39, 0.29) is 6.61 Å². The average Bonchev–Trinajstić information content (AvgIpc) is 2.34. The van der Waals surface area contributed by atoms with E-state index in [1.165, 1.54) is 0 Å².